The molecule has 2 rings (SSSR count). The molecule has 0 saturated heterocycles. The van der Waals surface area contributed by atoms with E-state index in [9.17, 15) is 9.59 Å². The van der Waals surface area contributed by atoms with Crippen molar-refractivity contribution < 1.29 is 4.79 Å². The zero-order chi connectivity index (χ0) is 15.2. The van der Waals surface area contributed by atoms with Gasteiger partial charge in [-0.1, -0.05) is 6.08 Å². The second kappa shape index (κ2) is 6.83. The highest BCUT2D eigenvalue weighted by Crippen LogP contribution is 2.27. The smallest absolute Gasteiger partial charge is 0.260 e. The molecule has 0 bridgehead atoms. The van der Waals surface area contributed by atoms with Crippen molar-refractivity contribution in [3.8, 4) is 0 Å². The monoisotopic (exact) mass is 285 g/mol. The van der Waals surface area contributed by atoms with Crippen LogP contribution in [0.5, 0.6) is 0 Å². The van der Waals surface area contributed by atoms with Crippen LogP contribution in [0.2, 0.25) is 0 Å². The SMILES string of the molecule is C=N/C=C\C(=C/C)c1c[nH]c(=O)c(C(=O)NCC2CC2)c1. The molecule has 0 aliphatic heterocycles. The van der Waals surface area contributed by atoms with Crippen LogP contribution in [-0.2, 0) is 0 Å². The van der Waals surface area contributed by atoms with Crippen molar-refractivity contribution >= 4 is 18.2 Å². The number of carbonyl (C=O) groups excluding carboxylic acids is 1. The molecule has 1 aliphatic carbocycles. The Morgan fingerprint density at radius 3 is 2.95 bits per heavy atom. The summed E-state index contributed by atoms with van der Waals surface area (Å²) in [6, 6.07) is 1.60. The van der Waals surface area contributed by atoms with Crippen LogP contribution in [0.25, 0.3) is 5.57 Å². The summed E-state index contributed by atoms with van der Waals surface area (Å²) >= 11 is 0. The van der Waals surface area contributed by atoms with Crippen LogP contribution < -0.4 is 10.9 Å². The first kappa shape index (κ1) is 15.0. The van der Waals surface area contributed by atoms with Gasteiger partial charge in [0.05, 0.1) is 0 Å². The molecule has 0 atom stereocenters. The van der Waals surface area contributed by atoms with Crippen molar-refractivity contribution in [3.05, 3.63) is 52.1 Å². The highest BCUT2D eigenvalue weighted by Gasteiger charge is 2.22. The number of hydrogen-bond donors (Lipinski definition) is 2. The molecule has 5 nitrogen and oxygen atoms in total. The van der Waals surface area contributed by atoms with Crippen LogP contribution in [0.1, 0.15) is 35.7 Å². The molecular weight excluding hydrogens is 266 g/mol. The fourth-order valence-corrected chi connectivity index (χ4v) is 1.97. The second-order valence-electron chi connectivity index (χ2n) is 5.03. The summed E-state index contributed by atoms with van der Waals surface area (Å²) in [6.07, 6.45) is 9.10. The number of H-pyrrole nitrogens is 1. The first-order chi connectivity index (χ1) is 10.2. The number of amides is 1. The molecule has 0 spiro atoms. The number of aliphatic imine (C=N–C) groups is 1. The first-order valence-corrected chi connectivity index (χ1v) is 6.95. The number of nitrogens with zero attached hydrogens (tertiary/aromatic N) is 1. The van der Waals surface area contributed by atoms with E-state index in [0.29, 0.717) is 12.5 Å². The highest BCUT2D eigenvalue weighted by molar-refractivity contribution is 5.94. The van der Waals surface area contributed by atoms with Crippen LogP contribution in [0.15, 0.2) is 40.4 Å². The summed E-state index contributed by atoms with van der Waals surface area (Å²) in [4.78, 5) is 30.2. The fraction of sp³-hybridized carbons (Fsp3) is 0.312. The third-order valence-corrected chi connectivity index (χ3v) is 3.40. The molecule has 0 unspecified atom stereocenters. The number of aromatic nitrogens is 1. The Kier molecular flexibility index (Phi) is 4.87. The maximum Gasteiger partial charge on any atom is 0.260 e. The van der Waals surface area contributed by atoms with Crippen molar-refractivity contribution in [2.24, 2.45) is 10.9 Å². The van der Waals surface area contributed by atoms with Crippen LogP contribution in [0.4, 0.5) is 0 Å². The van der Waals surface area contributed by atoms with Gasteiger partial charge in [-0.3, -0.25) is 14.6 Å². The van der Waals surface area contributed by atoms with Gasteiger partial charge in [0.2, 0.25) is 0 Å². The van der Waals surface area contributed by atoms with E-state index in [1.54, 1.807) is 24.5 Å². The fourth-order valence-electron chi connectivity index (χ4n) is 1.97. The van der Waals surface area contributed by atoms with Crippen molar-refractivity contribution in [1.82, 2.24) is 10.3 Å². The van der Waals surface area contributed by atoms with E-state index in [1.165, 1.54) is 0 Å². The van der Waals surface area contributed by atoms with Gasteiger partial charge in [0.15, 0.2) is 0 Å². The number of carbonyl (C=O) groups is 1. The maximum atomic E-state index is 12.1. The molecule has 1 aromatic heterocycles. The van der Waals surface area contributed by atoms with E-state index in [2.05, 4.69) is 22.0 Å². The van der Waals surface area contributed by atoms with Crippen molar-refractivity contribution in [2.45, 2.75) is 19.8 Å². The lowest BCUT2D eigenvalue weighted by atomic mass is 10.1. The Bertz CT molecular complexity index is 652. The largest absolute Gasteiger partial charge is 0.352 e. The molecule has 5 heteroatoms. The van der Waals surface area contributed by atoms with E-state index in [4.69, 9.17) is 0 Å². The van der Waals surface area contributed by atoms with Gasteiger partial charge in [-0.15, -0.1) is 0 Å². The van der Waals surface area contributed by atoms with E-state index >= 15 is 0 Å². The van der Waals surface area contributed by atoms with E-state index in [-0.39, 0.29) is 17.0 Å². The van der Waals surface area contributed by atoms with Crippen molar-refractivity contribution in [2.75, 3.05) is 6.54 Å². The molecule has 1 aliphatic rings. The number of aromatic amines is 1. The summed E-state index contributed by atoms with van der Waals surface area (Å²) in [5, 5.41) is 2.80. The van der Waals surface area contributed by atoms with E-state index in [1.807, 2.05) is 13.0 Å². The van der Waals surface area contributed by atoms with Gasteiger partial charge in [-0.05, 0) is 55.7 Å². The van der Waals surface area contributed by atoms with Crippen LogP contribution in [0, 0.1) is 5.92 Å². The minimum Gasteiger partial charge on any atom is -0.352 e. The summed E-state index contributed by atoms with van der Waals surface area (Å²) in [7, 11) is 0. The Morgan fingerprint density at radius 2 is 2.33 bits per heavy atom. The van der Waals surface area contributed by atoms with E-state index < -0.39 is 0 Å². The average Bonchev–Trinajstić information content (AvgIpc) is 3.31. The predicted molar refractivity (Wildman–Crippen MR) is 84.5 cm³/mol. The molecule has 1 aromatic rings. The number of nitrogens with one attached hydrogen (secondary N) is 2. The van der Waals surface area contributed by atoms with Gasteiger partial charge in [0.1, 0.15) is 5.56 Å². The molecule has 0 radical (unpaired) electrons. The molecule has 110 valence electrons. The number of rotatable bonds is 6. The molecule has 21 heavy (non-hydrogen) atoms. The minimum atomic E-state index is -0.381. The molecular formula is C16H19N3O2. The van der Waals surface area contributed by atoms with Gasteiger partial charge in [-0.25, -0.2) is 0 Å². The summed E-state index contributed by atoms with van der Waals surface area (Å²) in [5.74, 6) is 0.246. The molecule has 1 saturated carbocycles. The quantitative estimate of drug-likeness (QED) is 0.620. The summed E-state index contributed by atoms with van der Waals surface area (Å²) in [6.45, 7) is 5.90. The minimum absolute atomic E-state index is 0.132. The lowest BCUT2D eigenvalue weighted by Gasteiger charge is -2.06. The molecule has 1 heterocycles. The normalized spacial score (nSPS) is 15.2. The molecule has 0 aromatic carbocycles. The van der Waals surface area contributed by atoms with Gasteiger partial charge in [0.25, 0.3) is 11.5 Å². The molecule has 1 amide bonds. The molecule has 1 fully saturated rings. The topological polar surface area (TPSA) is 74.3 Å². The standard InChI is InChI=1S/C16H19N3O2/c1-3-12(6-7-17-2)13-8-14(16(21)19-10-13)15(20)18-9-11-4-5-11/h3,6-8,10-11H,2,4-5,9H2,1H3,(H,18,20)(H,19,21)/b7-6-,12-3+. The Balaban J connectivity index is 2.22. The number of allylic oxidation sites excluding steroid dienone is 3. The Hall–Kier alpha value is -2.43. The van der Waals surface area contributed by atoms with E-state index in [0.717, 1.165) is 24.0 Å². The van der Waals surface area contributed by atoms with Gasteiger partial charge in [0, 0.05) is 18.9 Å². The number of hydrogen-bond acceptors (Lipinski definition) is 3. The molecule has 2 N–H and O–H groups in total. The number of pyridine rings is 1. The van der Waals surface area contributed by atoms with Crippen LogP contribution in [0.3, 0.4) is 0 Å². The van der Waals surface area contributed by atoms with Crippen LogP contribution in [-0.4, -0.2) is 24.2 Å². The average molecular weight is 285 g/mol. The summed E-state index contributed by atoms with van der Waals surface area (Å²) < 4.78 is 0. The van der Waals surface area contributed by atoms with Crippen LogP contribution >= 0.6 is 0 Å². The Labute approximate surface area is 123 Å². The zero-order valence-electron chi connectivity index (χ0n) is 12.1. The second-order valence-corrected chi connectivity index (χ2v) is 5.03. The third kappa shape index (κ3) is 4.02. The summed E-state index contributed by atoms with van der Waals surface area (Å²) in [5.41, 5.74) is 1.37. The first-order valence-electron chi connectivity index (χ1n) is 6.95. The maximum absolute atomic E-state index is 12.1. The van der Waals surface area contributed by atoms with Gasteiger partial charge >= 0.3 is 0 Å². The van der Waals surface area contributed by atoms with Gasteiger partial charge in [-0.2, -0.15) is 0 Å². The third-order valence-electron chi connectivity index (χ3n) is 3.40. The zero-order valence-corrected chi connectivity index (χ0v) is 12.1. The van der Waals surface area contributed by atoms with Gasteiger partial charge < -0.3 is 10.3 Å². The lowest BCUT2D eigenvalue weighted by Crippen LogP contribution is -2.31. The van der Waals surface area contributed by atoms with Crippen molar-refractivity contribution in [1.29, 1.82) is 0 Å². The lowest BCUT2D eigenvalue weighted by molar-refractivity contribution is 0.0950. The predicted octanol–water partition coefficient (Wildman–Crippen LogP) is 2.13. The Morgan fingerprint density at radius 1 is 1.57 bits per heavy atom. The highest BCUT2D eigenvalue weighted by atomic mass is 16.2. The van der Waals surface area contributed by atoms with Crippen molar-refractivity contribution in [3.63, 3.8) is 0 Å².